The fourth-order valence-electron chi connectivity index (χ4n) is 4.51. The Morgan fingerprint density at radius 2 is 1.68 bits per heavy atom. The smallest absolute Gasteiger partial charge is 0.279 e. The minimum absolute atomic E-state index is 0.183. The Morgan fingerprint density at radius 1 is 1.00 bits per heavy atom. The van der Waals surface area contributed by atoms with Gasteiger partial charge in [0.25, 0.3) is 5.92 Å². The van der Waals surface area contributed by atoms with Crippen LogP contribution in [-0.2, 0) is 21.8 Å². The lowest BCUT2D eigenvalue weighted by Gasteiger charge is -2.39. The molecule has 138 valence electrons. The van der Waals surface area contributed by atoms with E-state index in [9.17, 15) is 13.2 Å². The van der Waals surface area contributed by atoms with Crippen molar-refractivity contribution in [2.24, 2.45) is 17.8 Å². The van der Waals surface area contributed by atoms with Gasteiger partial charge in [0.05, 0.1) is 18.8 Å². The first kappa shape index (κ1) is 18.0. The molecule has 25 heavy (non-hydrogen) atoms. The summed E-state index contributed by atoms with van der Waals surface area (Å²) in [7, 11) is 0. The maximum atomic E-state index is 14.8. The topological polar surface area (TPSA) is 18.5 Å². The van der Waals surface area contributed by atoms with Gasteiger partial charge in [-0.1, -0.05) is 34.7 Å². The molecule has 1 aromatic rings. The van der Waals surface area contributed by atoms with Crippen LogP contribution in [0.2, 0.25) is 0 Å². The number of fused-ring (bicyclic) bond motifs is 1. The van der Waals surface area contributed by atoms with E-state index in [0.717, 1.165) is 35.7 Å². The van der Waals surface area contributed by atoms with Crippen molar-refractivity contribution in [3.8, 4) is 0 Å². The minimum Gasteiger partial charge on any atom is -0.352 e. The highest BCUT2D eigenvalue weighted by Gasteiger charge is 2.54. The van der Waals surface area contributed by atoms with Gasteiger partial charge in [0.2, 0.25) is 0 Å². The number of hydrogen-bond donors (Lipinski definition) is 0. The summed E-state index contributed by atoms with van der Waals surface area (Å²) in [6, 6.07) is 4.21. The minimum atomic E-state index is -3.16. The van der Waals surface area contributed by atoms with Gasteiger partial charge in [-0.25, -0.2) is 13.2 Å². The molecule has 2 fully saturated rings. The Bertz CT molecular complexity index is 623. The highest BCUT2D eigenvalue weighted by Crippen LogP contribution is 2.51. The molecule has 0 amide bonds. The molecule has 0 spiro atoms. The Balaban J connectivity index is 1.41. The van der Waals surface area contributed by atoms with E-state index in [1.54, 1.807) is 6.07 Å². The van der Waals surface area contributed by atoms with E-state index in [2.05, 4.69) is 22.6 Å². The van der Waals surface area contributed by atoms with Crippen molar-refractivity contribution < 1.29 is 22.6 Å². The number of ether oxygens (including phenoxy) is 2. The van der Waals surface area contributed by atoms with Gasteiger partial charge in [-0.15, -0.1) is 0 Å². The SMILES string of the molecule is Fc1cccc2c1C(F)(F)C(C1COC(C3CCC(I)CC3)OC1)C2. The van der Waals surface area contributed by atoms with Gasteiger partial charge in [0.1, 0.15) is 5.82 Å². The molecule has 0 bridgehead atoms. The molecule has 0 N–H and O–H groups in total. The zero-order chi connectivity index (χ0) is 17.6. The highest BCUT2D eigenvalue weighted by atomic mass is 127. The van der Waals surface area contributed by atoms with Gasteiger partial charge >= 0.3 is 0 Å². The normalized spacial score (nSPS) is 37.7. The van der Waals surface area contributed by atoms with Gasteiger partial charge in [-0.2, -0.15) is 0 Å². The maximum absolute atomic E-state index is 14.8. The number of halogens is 4. The molecular formula is C19H22F3IO2. The van der Waals surface area contributed by atoms with Crippen molar-refractivity contribution in [3.05, 3.63) is 35.1 Å². The standard InChI is InChI=1S/C19H22F3IO2/c20-16-3-1-2-12-8-15(19(21,22)17(12)16)13-9-24-18(25-10-13)11-4-6-14(23)7-5-11/h1-3,11,13-15,18H,4-10H2. The lowest BCUT2D eigenvalue weighted by Crippen LogP contribution is -2.43. The van der Waals surface area contributed by atoms with Gasteiger partial charge in [-0.3, -0.25) is 0 Å². The van der Waals surface area contributed by atoms with Gasteiger partial charge in [0, 0.05) is 21.7 Å². The molecule has 1 unspecified atom stereocenters. The number of rotatable bonds is 2. The molecule has 1 saturated heterocycles. The predicted octanol–water partition coefficient (Wildman–Crippen LogP) is 5.07. The molecule has 3 aliphatic rings. The molecule has 0 aromatic heterocycles. The molecule has 1 atom stereocenters. The van der Waals surface area contributed by atoms with E-state index in [0.29, 0.717) is 11.5 Å². The van der Waals surface area contributed by atoms with E-state index >= 15 is 0 Å². The van der Waals surface area contributed by atoms with Crippen molar-refractivity contribution in [3.63, 3.8) is 0 Å². The van der Waals surface area contributed by atoms with E-state index < -0.39 is 29.1 Å². The van der Waals surface area contributed by atoms with Crippen molar-refractivity contribution in [2.45, 2.75) is 48.2 Å². The van der Waals surface area contributed by atoms with E-state index in [1.807, 2.05) is 0 Å². The summed E-state index contributed by atoms with van der Waals surface area (Å²) in [5.74, 6) is -4.96. The second-order valence-corrected chi connectivity index (χ2v) is 9.28. The molecule has 1 heterocycles. The van der Waals surface area contributed by atoms with Crippen molar-refractivity contribution >= 4 is 22.6 Å². The summed E-state index contributed by atoms with van der Waals surface area (Å²) in [6.45, 7) is 0.537. The lowest BCUT2D eigenvalue weighted by atomic mass is 9.86. The molecule has 1 aromatic carbocycles. The molecule has 2 aliphatic carbocycles. The Labute approximate surface area is 159 Å². The fourth-order valence-corrected chi connectivity index (χ4v) is 5.23. The zero-order valence-corrected chi connectivity index (χ0v) is 16.1. The van der Waals surface area contributed by atoms with Crippen molar-refractivity contribution in [2.75, 3.05) is 13.2 Å². The van der Waals surface area contributed by atoms with Crippen LogP contribution in [0.4, 0.5) is 13.2 Å². The summed E-state index contributed by atoms with van der Waals surface area (Å²) in [6.07, 6.45) is 4.37. The molecule has 4 rings (SSSR count). The number of benzene rings is 1. The van der Waals surface area contributed by atoms with Crippen LogP contribution in [0.1, 0.15) is 36.8 Å². The van der Waals surface area contributed by atoms with Crippen LogP contribution in [0, 0.1) is 23.6 Å². The first-order valence-corrected chi connectivity index (χ1v) is 10.2. The first-order valence-electron chi connectivity index (χ1n) is 8.99. The molecule has 0 radical (unpaired) electrons. The van der Waals surface area contributed by atoms with Crippen LogP contribution in [0.3, 0.4) is 0 Å². The Hall–Kier alpha value is -0.340. The van der Waals surface area contributed by atoms with Crippen molar-refractivity contribution in [1.29, 1.82) is 0 Å². The summed E-state index contributed by atoms with van der Waals surface area (Å²) in [5.41, 5.74) is -0.0139. The predicted molar refractivity (Wildman–Crippen MR) is 96.4 cm³/mol. The Morgan fingerprint density at radius 3 is 2.32 bits per heavy atom. The lowest BCUT2D eigenvalue weighted by molar-refractivity contribution is -0.246. The van der Waals surface area contributed by atoms with Crippen LogP contribution < -0.4 is 0 Å². The van der Waals surface area contributed by atoms with Crippen LogP contribution in [0.15, 0.2) is 18.2 Å². The monoisotopic (exact) mass is 466 g/mol. The fraction of sp³-hybridized carbons (Fsp3) is 0.684. The quantitative estimate of drug-likeness (QED) is 0.448. The average Bonchev–Trinajstić information content (AvgIpc) is 2.88. The van der Waals surface area contributed by atoms with Gasteiger partial charge < -0.3 is 9.47 Å². The maximum Gasteiger partial charge on any atom is 0.279 e. The third kappa shape index (κ3) is 3.34. The second-order valence-electron chi connectivity index (χ2n) is 7.51. The first-order chi connectivity index (χ1) is 12.0. The summed E-state index contributed by atoms with van der Waals surface area (Å²) in [4.78, 5) is 0. The molecule has 1 saturated carbocycles. The van der Waals surface area contributed by atoms with E-state index in [1.165, 1.54) is 6.07 Å². The van der Waals surface area contributed by atoms with Gasteiger partial charge in [0.15, 0.2) is 6.29 Å². The van der Waals surface area contributed by atoms with Crippen LogP contribution in [0.5, 0.6) is 0 Å². The van der Waals surface area contributed by atoms with E-state index in [4.69, 9.17) is 9.47 Å². The Kier molecular flexibility index (Phi) is 5.05. The zero-order valence-electron chi connectivity index (χ0n) is 13.9. The average molecular weight is 466 g/mol. The molecular weight excluding hydrogens is 444 g/mol. The van der Waals surface area contributed by atoms with Crippen LogP contribution >= 0.6 is 22.6 Å². The number of alkyl halides is 3. The summed E-state index contributed by atoms with van der Waals surface area (Å²) < 4.78 is 55.9. The third-order valence-electron chi connectivity index (χ3n) is 5.94. The summed E-state index contributed by atoms with van der Waals surface area (Å²) in [5, 5.41) is 0. The largest absolute Gasteiger partial charge is 0.352 e. The van der Waals surface area contributed by atoms with Crippen LogP contribution in [0.25, 0.3) is 0 Å². The summed E-state index contributed by atoms with van der Waals surface area (Å²) >= 11 is 2.48. The van der Waals surface area contributed by atoms with Gasteiger partial charge in [-0.05, 0) is 43.7 Å². The molecule has 6 heteroatoms. The highest BCUT2D eigenvalue weighted by molar-refractivity contribution is 14.1. The van der Waals surface area contributed by atoms with E-state index in [-0.39, 0.29) is 25.9 Å². The molecule has 2 nitrogen and oxygen atoms in total. The van der Waals surface area contributed by atoms with Crippen LogP contribution in [-0.4, -0.2) is 23.4 Å². The second kappa shape index (κ2) is 7.00. The number of hydrogen-bond acceptors (Lipinski definition) is 2. The van der Waals surface area contributed by atoms with Crippen molar-refractivity contribution in [1.82, 2.24) is 0 Å². The molecule has 1 aliphatic heterocycles. The third-order valence-corrected chi connectivity index (χ3v) is 7.19.